The van der Waals surface area contributed by atoms with Crippen molar-refractivity contribution >= 4 is 34.8 Å². The third-order valence-electron chi connectivity index (χ3n) is 3.96. The first-order valence-electron chi connectivity index (χ1n) is 8.41. The fourth-order valence-electron chi connectivity index (χ4n) is 2.58. The monoisotopic (exact) mass is 395 g/mol. The average Bonchev–Trinajstić information content (AvgIpc) is 2.70. The van der Waals surface area contributed by atoms with Gasteiger partial charge < -0.3 is 4.90 Å². The highest BCUT2D eigenvalue weighted by atomic mass is 35.5. The molecule has 0 spiro atoms. The number of carbonyl (C=O) groups is 1. The first-order chi connectivity index (χ1) is 13.1. The smallest absolute Gasteiger partial charge is 0.257 e. The Kier molecular flexibility index (Phi) is 6.52. The molecule has 3 aromatic rings. The number of nitrogens with one attached hydrogen (secondary N) is 1. The predicted octanol–water partition coefficient (Wildman–Crippen LogP) is 4.45. The maximum absolute atomic E-state index is 12.5. The van der Waals surface area contributed by atoms with E-state index in [1.54, 1.807) is 24.5 Å². The minimum atomic E-state index is -0.240. The van der Waals surface area contributed by atoms with Gasteiger partial charge in [0.05, 0.1) is 0 Å². The second-order valence-electron chi connectivity index (χ2n) is 5.93. The molecule has 0 saturated carbocycles. The second kappa shape index (κ2) is 9.26. The molecule has 0 radical (unpaired) electrons. The number of halogens is 1. The quantitative estimate of drug-likeness (QED) is 0.648. The highest BCUT2D eigenvalue weighted by Gasteiger charge is 2.16. The molecular weight excluding hydrogens is 378 g/mol. The van der Waals surface area contributed by atoms with Gasteiger partial charge in [0.1, 0.15) is 0 Å². The Morgan fingerprint density at radius 3 is 2.44 bits per heavy atom. The fraction of sp³-hybridized carbons (Fsp3) is 0.0952. The van der Waals surface area contributed by atoms with Crippen molar-refractivity contribution in [1.29, 1.82) is 0 Å². The molecule has 1 amide bonds. The molecule has 3 rings (SSSR count). The SMILES string of the molecule is O=C(NC(=S)N(Cc1cccnc1)Cc1ccccc1Cl)c1ccccc1. The maximum Gasteiger partial charge on any atom is 0.257 e. The van der Waals surface area contributed by atoms with Gasteiger partial charge in [-0.05, 0) is 47.6 Å². The highest BCUT2D eigenvalue weighted by Crippen LogP contribution is 2.18. The molecule has 27 heavy (non-hydrogen) atoms. The third kappa shape index (κ3) is 5.36. The summed E-state index contributed by atoms with van der Waals surface area (Å²) in [4.78, 5) is 18.5. The van der Waals surface area contributed by atoms with E-state index >= 15 is 0 Å². The van der Waals surface area contributed by atoms with Crippen molar-refractivity contribution in [3.8, 4) is 0 Å². The third-order valence-corrected chi connectivity index (χ3v) is 4.69. The predicted molar refractivity (Wildman–Crippen MR) is 111 cm³/mol. The van der Waals surface area contributed by atoms with E-state index in [1.165, 1.54) is 0 Å². The van der Waals surface area contributed by atoms with Crippen LogP contribution in [0.3, 0.4) is 0 Å². The van der Waals surface area contributed by atoms with Crippen molar-refractivity contribution in [3.05, 3.63) is 101 Å². The fourth-order valence-corrected chi connectivity index (χ4v) is 3.00. The molecule has 0 atom stereocenters. The van der Waals surface area contributed by atoms with Crippen molar-refractivity contribution in [2.75, 3.05) is 0 Å². The first-order valence-corrected chi connectivity index (χ1v) is 9.20. The van der Waals surface area contributed by atoms with Gasteiger partial charge in [-0.25, -0.2) is 0 Å². The van der Waals surface area contributed by atoms with Crippen molar-refractivity contribution in [1.82, 2.24) is 15.2 Å². The van der Waals surface area contributed by atoms with E-state index < -0.39 is 0 Å². The molecule has 0 bridgehead atoms. The largest absolute Gasteiger partial charge is 0.340 e. The molecule has 2 aromatic carbocycles. The van der Waals surface area contributed by atoms with E-state index in [1.807, 2.05) is 59.5 Å². The van der Waals surface area contributed by atoms with Crippen LogP contribution in [0.1, 0.15) is 21.5 Å². The zero-order chi connectivity index (χ0) is 19.1. The van der Waals surface area contributed by atoms with E-state index in [9.17, 15) is 4.79 Å². The summed E-state index contributed by atoms with van der Waals surface area (Å²) in [6.07, 6.45) is 3.50. The van der Waals surface area contributed by atoms with Crippen molar-refractivity contribution in [2.24, 2.45) is 0 Å². The summed E-state index contributed by atoms with van der Waals surface area (Å²) in [6, 6.07) is 20.4. The molecular formula is C21H18ClN3OS. The molecule has 1 N–H and O–H groups in total. The lowest BCUT2D eigenvalue weighted by molar-refractivity contribution is 0.0972. The number of hydrogen-bond donors (Lipinski definition) is 1. The summed E-state index contributed by atoms with van der Waals surface area (Å²) in [5.74, 6) is -0.240. The van der Waals surface area contributed by atoms with E-state index in [4.69, 9.17) is 23.8 Å². The summed E-state index contributed by atoms with van der Waals surface area (Å²) in [6.45, 7) is 0.982. The molecule has 0 fully saturated rings. The lowest BCUT2D eigenvalue weighted by Crippen LogP contribution is -2.42. The van der Waals surface area contributed by atoms with Crippen LogP contribution in [0.2, 0.25) is 5.02 Å². The van der Waals surface area contributed by atoms with Crippen LogP contribution in [0.5, 0.6) is 0 Å². The molecule has 0 saturated heterocycles. The number of thiocarbonyl (C=S) groups is 1. The van der Waals surface area contributed by atoms with E-state index in [-0.39, 0.29) is 5.91 Å². The van der Waals surface area contributed by atoms with Crippen LogP contribution in [0.15, 0.2) is 79.1 Å². The van der Waals surface area contributed by atoms with Crippen LogP contribution >= 0.6 is 23.8 Å². The number of carbonyl (C=O) groups excluding carboxylic acids is 1. The van der Waals surface area contributed by atoms with Gasteiger partial charge in [-0.3, -0.25) is 15.1 Å². The van der Waals surface area contributed by atoms with Gasteiger partial charge in [-0.1, -0.05) is 54.1 Å². The molecule has 6 heteroatoms. The lowest BCUT2D eigenvalue weighted by atomic mass is 10.2. The molecule has 4 nitrogen and oxygen atoms in total. The number of benzene rings is 2. The molecule has 0 aliphatic carbocycles. The van der Waals surface area contributed by atoms with Gasteiger partial charge in [0.2, 0.25) is 0 Å². The number of amides is 1. The van der Waals surface area contributed by atoms with E-state index in [2.05, 4.69) is 10.3 Å². The van der Waals surface area contributed by atoms with Crippen molar-refractivity contribution in [2.45, 2.75) is 13.1 Å². The topological polar surface area (TPSA) is 45.2 Å². The number of nitrogens with zero attached hydrogens (tertiary/aromatic N) is 2. The summed E-state index contributed by atoms with van der Waals surface area (Å²) in [5.41, 5.74) is 2.47. The Bertz CT molecular complexity index is 919. The van der Waals surface area contributed by atoms with Crippen molar-refractivity contribution in [3.63, 3.8) is 0 Å². The first kappa shape index (κ1) is 19.0. The standard InChI is InChI=1S/C21H18ClN3OS/c22-19-11-5-4-10-18(19)15-25(14-16-7-6-12-23-13-16)21(27)24-20(26)17-8-2-1-3-9-17/h1-13H,14-15H2,(H,24,26,27). The van der Waals surface area contributed by atoms with Gasteiger partial charge in [-0.2, -0.15) is 0 Å². The summed E-state index contributed by atoms with van der Waals surface area (Å²) < 4.78 is 0. The molecule has 0 aliphatic heterocycles. The minimum absolute atomic E-state index is 0.240. The number of pyridine rings is 1. The number of aromatic nitrogens is 1. The number of rotatable bonds is 5. The summed E-state index contributed by atoms with van der Waals surface area (Å²) in [5, 5.41) is 3.81. The maximum atomic E-state index is 12.5. The van der Waals surface area contributed by atoms with Crippen molar-refractivity contribution < 1.29 is 4.79 Å². The minimum Gasteiger partial charge on any atom is -0.340 e. The highest BCUT2D eigenvalue weighted by molar-refractivity contribution is 7.80. The zero-order valence-corrected chi connectivity index (χ0v) is 16.1. The zero-order valence-electron chi connectivity index (χ0n) is 14.5. The normalized spacial score (nSPS) is 10.3. The average molecular weight is 396 g/mol. The second-order valence-corrected chi connectivity index (χ2v) is 6.73. The van der Waals surface area contributed by atoms with Gasteiger partial charge in [0.15, 0.2) is 5.11 Å². The molecule has 1 aromatic heterocycles. The van der Waals surface area contributed by atoms with Gasteiger partial charge >= 0.3 is 0 Å². The molecule has 1 heterocycles. The van der Waals surface area contributed by atoms with Crippen LogP contribution in [-0.4, -0.2) is 20.9 Å². The van der Waals surface area contributed by atoms with Crippen LogP contribution < -0.4 is 5.32 Å². The molecule has 0 aliphatic rings. The van der Waals surface area contributed by atoms with Gasteiger partial charge in [-0.15, -0.1) is 0 Å². The van der Waals surface area contributed by atoms with E-state index in [0.29, 0.717) is 28.8 Å². The number of hydrogen-bond acceptors (Lipinski definition) is 3. The Hall–Kier alpha value is -2.76. The Balaban J connectivity index is 1.79. The van der Waals surface area contributed by atoms with Crippen LogP contribution in [-0.2, 0) is 13.1 Å². The van der Waals surface area contributed by atoms with Gasteiger partial charge in [0.25, 0.3) is 5.91 Å². The Morgan fingerprint density at radius 1 is 1.00 bits per heavy atom. The van der Waals surface area contributed by atoms with Crippen LogP contribution in [0.4, 0.5) is 0 Å². The van der Waals surface area contributed by atoms with Gasteiger partial charge in [0, 0.05) is 36.1 Å². The summed E-state index contributed by atoms with van der Waals surface area (Å²) in [7, 11) is 0. The molecule has 136 valence electrons. The molecule has 0 unspecified atom stereocenters. The van der Waals surface area contributed by atoms with Crippen LogP contribution in [0.25, 0.3) is 0 Å². The van der Waals surface area contributed by atoms with E-state index in [0.717, 1.165) is 11.1 Å². The lowest BCUT2D eigenvalue weighted by Gasteiger charge is -2.26. The Labute approximate surface area is 168 Å². The van der Waals surface area contributed by atoms with Crippen LogP contribution in [0, 0.1) is 0 Å². The summed E-state index contributed by atoms with van der Waals surface area (Å²) >= 11 is 11.8. The Morgan fingerprint density at radius 2 is 1.74 bits per heavy atom.